The second kappa shape index (κ2) is 3.26. The SMILES string of the molecule is Cc1c(F)c(F)cc([N+](=O)[O-])c1Cl. The summed E-state index contributed by atoms with van der Waals surface area (Å²) < 4.78 is 25.4. The summed E-state index contributed by atoms with van der Waals surface area (Å²) >= 11 is 5.42. The van der Waals surface area contributed by atoms with Crippen molar-refractivity contribution in [3.63, 3.8) is 0 Å². The Balaban J connectivity index is 3.50. The van der Waals surface area contributed by atoms with Gasteiger partial charge < -0.3 is 0 Å². The maximum atomic E-state index is 12.8. The molecule has 0 fully saturated rings. The van der Waals surface area contributed by atoms with E-state index in [0.717, 1.165) is 0 Å². The topological polar surface area (TPSA) is 43.1 Å². The van der Waals surface area contributed by atoms with E-state index >= 15 is 0 Å². The summed E-state index contributed by atoms with van der Waals surface area (Å²) in [5, 5.41) is 9.90. The Morgan fingerprint density at radius 3 is 2.54 bits per heavy atom. The Labute approximate surface area is 77.1 Å². The van der Waals surface area contributed by atoms with Crippen LogP contribution in [0.3, 0.4) is 0 Å². The molecule has 3 nitrogen and oxygen atoms in total. The van der Waals surface area contributed by atoms with Crippen LogP contribution in [0.4, 0.5) is 14.5 Å². The number of halogens is 3. The van der Waals surface area contributed by atoms with Crippen molar-refractivity contribution in [1.82, 2.24) is 0 Å². The standard InChI is InChI=1S/C7H4ClF2NO2/c1-3-6(8)5(11(12)13)2-4(9)7(3)10/h2H,1H3. The van der Waals surface area contributed by atoms with Gasteiger partial charge in [0.05, 0.1) is 11.0 Å². The molecule has 0 bridgehead atoms. The number of benzene rings is 1. The summed E-state index contributed by atoms with van der Waals surface area (Å²) in [6, 6.07) is 0.463. The molecule has 0 aromatic heterocycles. The lowest BCUT2D eigenvalue weighted by Gasteiger charge is -2.01. The predicted octanol–water partition coefficient (Wildman–Crippen LogP) is 2.83. The average molecular weight is 208 g/mol. The van der Waals surface area contributed by atoms with Gasteiger partial charge in [0.15, 0.2) is 11.6 Å². The zero-order valence-electron chi connectivity index (χ0n) is 6.47. The van der Waals surface area contributed by atoms with Crippen molar-refractivity contribution in [2.75, 3.05) is 0 Å². The van der Waals surface area contributed by atoms with Crippen molar-refractivity contribution < 1.29 is 13.7 Å². The molecule has 0 aliphatic heterocycles. The number of hydrogen-bond donors (Lipinski definition) is 0. The largest absolute Gasteiger partial charge is 0.291 e. The smallest absolute Gasteiger partial charge is 0.258 e. The lowest BCUT2D eigenvalue weighted by atomic mass is 10.2. The number of nitrogens with zero attached hydrogens (tertiary/aromatic N) is 1. The fourth-order valence-corrected chi connectivity index (χ4v) is 1.05. The molecule has 6 heteroatoms. The first-order valence-corrected chi connectivity index (χ1v) is 3.61. The van der Waals surface area contributed by atoms with Crippen LogP contribution in [0.15, 0.2) is 6.07 Å². The molecule has 1 aromatic carbocycles. The van der Waals surface area contributed by atoms with Crippen LogP contribution in [0.5, 0.6) is 0 Å². The van der Waals surface area contributed by atoms with Crippen LogP contribution in [0.25, 0.3) is 0 Å². The highest BCUT2D eigenvalue weighted by Crippen LogP contribution is 2.30. The lowest BCUT2D eigenvalue weighted by molar-refractivity contribution is -0.385. The van der Waals surface area contributed by atoms with Crippen LogP contribution in [0.2, 0.25) is 5.02 Å². The van der Waals surface area contributed by atoms with E-state index in [1.807, 2.05) is 0 Å². The summed E-state index contributed by atoms with van der Waals surface area (Å²) in [6.45, 7) is 1.17. The van der Waals surface area contributed by atoms with Crippen LogP contribution in [-0.2, 0) is 0 Å². The van der Waals surface area contributed by atoms with Crippen molar-refractivity contribution in [1.29, 1.82) is 0 Å². The number of hydrogen-bond acceptors (Lipinski definition) is 2. The van der Waals surface area contributed by atoms with E-state index in [1.54, 1.807) is 0 Å². The minimum atomic E-state index is -1.27. The zero-order valence-corrected chi connectivity index (χ0v) is 7.23. The summed E-state index contributed by atoms with van der Waals surface area (Å²) in [7, 11) is 0. The lowest BCUT2D eigenvalue weighted by Crippen LogP contribution is -1.96. The first-order valence-electron chi connectivity index (χ1n) is 3.23. The molecule has 0 unspecified atom stereocenters. The monoisotopic (exact) mass is 207 g/mol. The first kappa shape index (κ1) is 9.85. The van der Waals surface area contributed by atoms with Gasteiger partial charge in [0, 0.05) is 5.56 Å². The maximum absolute atomic E-state index is 12.8. The van der Waals surface area contributed by atoms with Gasteiger partial charge in [-0.15, -0.1) is 0 Å². The van der Waals surface area contributed by atoms with E-state index in [0.29, 0.717) is 6.07 Å². The van der Waals surface area contributed by atoms with Crippen molar-refractivity contribution >= 4 is 17.3 Å². The maximum Gasteiger partial charge on any atom is 0.291 e. The van der Waals surface area contributed by atoms with E-state index in [1.165, 1.54) is 6.92 Å². The fraction of sp³-hybridized carbons (Fsp3) is 0.143. The minimum absolute atomic E-state index is 0.256. The molecule has 70 valence electrons. The fourth-order valence-electron chi connectivity index (χ4n) is 0.847. The molecule has 0 spiro atoms. The molecule has 0 heterocycles. The third-order valence-electron chi connectivity index (χ3n) is 1.55. The predicted molar refractivity (Wildman–Crippen MR) is 42.8 cm³/mol. The number of rotatable bonds is 1. The second-order valence-corrected chi connectivity index (χ2v) is 2.77. The van der Waals surface area contributed by atoms with Crippen molar-refractivity contribution in [2.24, 2.45) is 0 Å². The first-order chi connectivity index (χ1) is 5.95. The molecular formula is C7H4ClF2NO2. The van der Waals surface area contributed by atoms with E-state index in [4.69, 9.17) is 11.6 Å². The van der Waals surface area contributed by atoms with E-state index in [-0.39, 0.29) is 10.6 Å². The van der Waals surface area contributed by atoms with E-state index < -0.39 is 22.2 Å². The Bertz CT molecular complexity index is 381. The molecule has 1 rings (SSSR count). The highest BCUT2D eigenvalue weighted by atomic mass is 35.5. The molecule has 0 N–H and O–H groups in total. The van der Waals surface area contributed by atoms with Gasteiger partial charge in [0.25, 0.3) is 5.69 Å². The Kier molecular flexibility index (Phi) is 2.47. The second-order valence-electron chi connectivity index (χ2n) is 2.39. The van der Waals surface area contributed by atoms with E-state index in [2.05, 4.69) is 0 Å². The number of nitro benzene ring substituents is 1. The molecule has 0 aliphatic carbocycles. The Morgan fingerprint density at radius 1 is 1.54 bits per heavy atom. The highest BCUT2D eigenvalue weighted by molar-refractivity contribution is 6.33. The van der Waals surface area contributed by atoms with Gasteiger partial charge in [-0.25, -0.2) is 8.78 Å². The van der Waals surface area contributed by atoms with Gasteiger partial charge >= 0.3 is 0 Å². The van der Waals surface area contributed by atoms with Crippen LogP contribution in [0, 0.1) is 28.7 Å². The van der Waals surface area contributed by atoms with Crippen molar-refractivity contribution in [3.05, 3.63) is 38.4 Å². The molecule has 13 heavy (non-hydrogen) atoms. The number of nitro groups is 1. The van der Waals surface area contributed by atoms with Crippen LogP contribution in [-0.4, -0.2) is 4.92 Å². The van der Waals surface area contributed by atoms with E-state index in [9.17, 15) is 18.9 Å². The molecule has 0 radical (unpaired) electrons. The molecule has 0 saturated heterocycles. The molecule has 0 saturated carbocycles. The van der Waals surface area contributed by atoms with Crippen molar-refractivity contribution in [3.8, 4) is 0 Å². The van der Waals surface area contributed by atoms with Gasteiger partial charge in [0.1, 0.15) is 5.02 Å². The Morgan fingerprint density at radius 2 is 2.08 bits per heavy atom. The quantitative estimate of drug-likeness (QED) is 0.404. The van der Waals surface area contributed by atoms with Gasteiger partial charge in [-0.1, -0.05) is 11.6 Å². The Hall–Kier alpha value is -1.23. The van der Waals surface area contributed by atoms with Crippen LogP contribution >= 0.6 is 11.6 Å². The third kappa shape index (κ3) is 1.60. The zero-order chi connectivity index (χ0) is 10.2. The van der Waals surface area contributed by atoms with Crippen LogP contribution < -0.4 is 0 Å². The third-order valence-corrected chi connectivity index (χ3v) is 2.03. The summed E-state index contributed by atoms with van der Waals surface area (Å²) in [5.41, 5.74) is -0.883. The van der Waals surface area contributed by atoms with Gasteiger partial charge in [-0.05, 0) is 6.92 Å². The molecule has 0 aliphatic rings. The van der Waals surface area contributed by atoms with Crippen molar-refractivity contribution in [2.45, 2.75) is 6.92 Å². The normalized spacial score (nSPS) is 10.2. The highest BCUT2D eigenvalue weighted by Gasteiger charge is 2.20. The molecule has 1 aromatic rings. The molecule has 0 atom stereocenters. The van der Waals surface area contributed by atoms with Gasteiger partial charge in [-0.2, -0.15) is 0 Å². The van der Waals surface area contributed by atoms with Gasteiger partial charge in [0.2, 0.25) is 0 Å². The average Bonchev–Trinajstić information content (AvgIpc) is 2.07. The summed E-state index contributed by atoms with van der Waals surface area (Å²) in [5.74, 6) is -2.43. The summed E-state index contributed by atoms with van der Waals surface area (Å²) in [6.07, 6.45) is 0. The molecular weight excluding hydrogens is 204 g/mol. The summed E-state index contributed by atoms with van der Waals surface area (Å²) in [4.78, 5) is 9.41. The minimum Gasteiger partial charge on any atom is -0.258 e. The molecule has 0 amide bonds. The van der Waals surface area contributed by atoms with Gasteiger partial charge in [-0.3, -0.25) is 10.1 Å². The van der Waals surface area contributed by atoms with Crippen LogP contribution in [0.1, 0.15) is 5.56 Å².